The third-order valence-corrected chi connectivity index (χ3v) is 2.52. The second-order valence-electron chi connectivity index (χ2n) is 3.91. The molecule has 0 amide bonds. The zero-order valence-corrected chi connectivity index (χ0v) is 10.7. The maximum absolute atomic E-state index is 11.7. The third-order valence-electron chi connectivity index (χ3n) is 2.52. The summed E-state index contributed by atoms with van der Waals surface area (Å²) in [5, 5.41) is 0. The highest BCUT2D eigenvalue weighted by Gasteiger charge is 2.15. The second-order valence-corrected chi connectivity index (χ2v) is 3.91. The second kappa shape index (κ2) is 8.02. The van der Waals surface area contributed by atoms with E-state index in [0.717, 1.165) is 0 Å². The molecule has 19 heavy (non-hydrogen) atoms. The maximum Gasteiger partial charge on any atom is 0.338 e. The fourth-order valence-electron chi connectivity index (χ4n) is 1.48. The molecule has 1 aromatic rings. The monoisotopic (exact) mass is 264 g/mol. The van der Waals surface area contributed by atoms with Gasteiger partial charge in [0, 0.05) is 6.42 Å². The van der Waals surface area contributed by atoms with E-state index in [4.69, 9.17) is 4.74 Å². The predicted molar refractivity (Wildman–Crippen MR) is 67.6 cm³/mol. The van der Waals surface area contributed by atoms with E-state index in [1.54, 1.807) is 30.3 Å². The zero-order chi connectivity index (χ0) is 14.1. The first-order valence-electron chi connectivity index (χ1n) is 5.95. The van der Waals surface area contributed by atoms with Crippen LogP contribution in [-0.2, 0) is 19.1 Å². The Labute approximate surface area is 111 Å². The number of hydrogen-bond acceptors (Lipinski definition) is 5. The van der Waals surface area contributed by atoms with Gasteiger partial charge in [-0.05, 0) is 25.0 Å². The van der Waals surface area contributed by atoms with Crippen LogP contribution in [0.5, 0.6) is 0 Å². The number of carbonyl (C=O) groups is 3. The molecule has 0 N–H and O–H groups in total. The lowest BCUT2D eigenvalue weighted by Crippen LogP contribution is -2.20. The van der Waals surface area contributed by atoms with E-state index in [9.17, 15) is 14.4 Å². The number of methoxy groups -OCH3 is 1. The molecule has 102 valence electrons. The highest BCUT2D eigenvalue weighted by molar-refractivity contribution is 5.90. The molecule has 0 aliphatic carbocycles. The minimum Gasteiger partial charge on any atom is -0.469 e. The Bertz CT molecular complexity index is 427. The summed E-state index contributed by atoms with van der Waals surface area (Å²) in [6.07, 6.45) is 0.661. The Morgan fingerprint density at radius 3 is 2.53 bits per heavy atom. The van der Waals surface area contributed by atoms with Crippen molar-refractivity contribution in [2.75, 3.05) is 7.11 Å². The molecule has 0 saturated heterocycles. The van der Waals surface area contributed by atoms with E-state index >= 15 is 0 Å². The molecule has 1 rings (SSSR count). The van der Waals surface area contributed by atoms with Gasteiger partial charge in [-0.2, -0.15) is 0 Å². The van der Waals surface area contributed by atoms with Crippen molar-refractivity contribution in [3.63, 3.8) is 0 Å². The van der Waals surface area contributed by atoms with Crippen LogP contribution in [0.1, 0.15) is 29.6 Å². The van der Waals surface area contributed by atoms with Crippen LogP contribution in [-0.4, -0.2) is 31.4 Å². The summed E-state index contributed by atoms with van der Waals surface area (Å²) < 4.78 is 9.52. The fraction of sp³-hybridized carbons (Fsp3) is 0.357. The van der Waals surface area contributed by atoms with Crippen molar-refractivity contribution < 1.29 is 23.9 Å². The first-order chi connectivity index (χ1) is 9.17. The van der Waals surface area contributed by atoms with E-state index in [-0.39, 0.29) is 12.4 Å². The fourth-order valence-corrected chi connectivity index (χ4v) is 1.48. The van der Waals surface area contributed by atoms with Crippen LogP contribution in [0, 0.1) is 0 Å². The lowest BCUT2D eigenvalue weighted by atomic mass is 10.1. The molecule has 0 aromatic heterocycles. The molecule has 0 fully saturated rings. The van der Waals surface area contributed by atoms with Gasteiger partial charge in [0.05, 0.1) is 12.7 Å². The summed E-state index contributed by atoms with van der Waals surface area (Å²) in [6, 6.07) is 8.43. The molecular formula is C14H16O5. The Morgan fingerprint density at radius 1 is 1.26 bits per heavy atom. The molecule has 0 saturated carbocycles. The zero-order valence-electron chi connectivity index (χ0n) is 10.7. The lowest BCUT2D eigenvalue weighted by Gasteiger charge is -2.11. The van der Waals surface area contributed by atoms with Crippen molar-refractivity contribution in [3.05, 3.63) is 35.9 Å². The third kappa shape index (κ3) is 5.33. The first kappa shape index (κ1) is 14.9. The van der Waals surface area contributed by atoms with Crippen LogP contribution in [0.25, 0.3) is 0 Å². The summed E-state index contributed by atoms with van der Waals surface area (Å²) in [5.74, 6) is -0.894. The van der Waals surface area contributed by atoms with Gasteiger partial charge in [0.15, 0.2) is 12.4 Å². The maximum atomic E-state index is 11.7. The van der Waals surface area contributed by atoms with Gasteiger partial charge in [-0.15, -0.1) is 0 Å². The van der Waals surface area contributed by atoms with Gasteiger partial charge in [-0.25, -0.2) is 4.79 Å². The van der Waals surface area contributed by atoms with Crippen LogP contribution in [0.2, 0.25) is 0 Å². The number of esters is 2. The standard InChI is InChI=1S/C14H16O5/c1-18-13(16)9-5-8-12(10-15)19-14(17)11-6-3-2-4-7-11/h2-4,6-7,10,12H,5,8-9H2,1H3/t12-/m0/s1. The topological polar surface area (TPSA) is 69.7 Å². The smallest absolute Gasteiger partial charge is 0.338 e. The molecule has 0 aliphatic rings. The van der Waals surface area contributed by atoms with E-state index in [0.29, 0.717) is 24.7 Å². The summed E-state index contributed by atoms with van der Waals surface area (Å²) in [5.41, 5.74) is 0.391. The Hall–Kier alpha value is -2.17. The SMILES string of the molecule is COC(=O)CCC[C@@H](C=O)OC(=O)c1ccccc1. The highest BCUT2D eigenvalue weighted by Crippen LogP contribution is 2.08. The number of rotatable bonds is 7. The summed E-state index contributed by atoms with van der Waals surface area (Å²) in [6.45, 7) is 0. The molecule has 5 heteroatoms. The number of carbonyl (C=O) groups excluding carboxylic acids is 3. The Balaban J connectivity index is 2.42. The van der Waals surface area contributed by atoms with Gasteiger partial charge in [0.1, 0.15) is 0 Å². The molecule has 5 nitrogen and oxygen atoms in total. The molecule has 1 atom stereocenters. The van der Waals surface area contributed by atoms with Gasteiger partial charge in [0.25, 0.3) is 0 Å². The van der Waals surface area contributed by atoms with E-state index < -0.39 is 12.1 Å². The van der Waals surface area contributed by atoms with Crippen LogP contribution in [0.4, 0.5) is 0 Å². The van der Waals surface area contributed by atoms with Crippen molar-refractivity contribution >= 4 is 18.2 Å². The summed E-state index contributed by atoms with van der Waals surface area (Å²) in [7, 11) is 1.30. The minimum absolute atomic E-state index is 0.198. The predicted octanol–water partition coefficient (Wildman–Crippen LogP) is 1.75. The molecule has 0 bridgehead atoms. The summed E-state index contributed by atoms with van der Waals surface area (Å²) in [4.78, 5) is 33.4. The molecular weight excluding hydrogens is 248 g/mol. The number of benzene rings is 1. The molecule has 0 aliphatic heterocycles. The van der Waals surface area contributed by atoms with E-state index in [1.807, 2.05) is 0 Å². The molecule has 0 heterocycles. The first-order valence-corrected chi connectivity index (χ1v) is 5.95. The van der Waals surface area contributed by atoms with Gasteiger partial charge in [0.2, 0.25) is 0 Å². The molecule has 1 aromatic carbocycles. The van der Waals surface area contributed by atoms with Crippen LogP contribution in [0.15, 0.2) is 30.3 Å². The van der Waals surface area contributed by atoms with E-state index in [2.05, 4.69) is 4.74 Å². The van der Waals surface area contributed by atoms with Gasteiger partial charge >= 0.3 is 11.9 Å². The van der Waals surface area contributed by atoms with Crippen molar-refractivity contribution in [1.29, 1.82) is 0 Å². The lowest BCUT2D eigenvalue weighted by molar-refractivity contribution is -0.141. The quantitative estimate of drug-likeness (QED) is 0.554. The van der Waals surface area contributed by atoms with Gasteiger partial charge in [-0.3, -0.25) is 9.59 Å². The Morgan fingerprint density at radius 2 is 1.95 bits per heavy atom. The number of aldehydes is 1. The van der Waals surface area contributed by atoms with Crippen molar-refractivity contribution in [3.8, 4) is 0 Å². The largest absolute Gasteiger partial charge is 0.469 e. The van der Waals surface area contributed by atoms with Gasteiger partial charge < -0.3 is 9.47 Å². The average Bonchev–Trinajstić information content (AvgIpc) is 2.46. The van der Waals surface area contributed by atoms with Gasteiger partial charge in [-0.1, -0.05) is 18.2 Å². The van der Waals surface area contributed by atoms with Crippen LogP contribution in [0.3, 0.4) is 0 Å². The highest BCUT2D eigenvalue weighted by atomic mass is 16.5. The normalized spacial score (nSPS) is 11.4. The summed E-state index contributed by atoms with van der Waals surface area (Å²) >= 11 is 0. The van der Waals surface area contributed by atoms with Crippen molar-refractivity contribution in [2.24, 2.45) is 0 Å². The average molecular weight is 264 g/mol. The molecule has 0 spiro atoms. The number of hydrogen-bond donors (Lipinski definition) is 0. The van der Waals surface area contributed by atoms with Crippen LogP contribution >= 0.6 is 0 Å². The van der Waals surface area contributed by atoms with Crippen LogP contribution < -0.4 is 0 Å². The molecule has 0 radical (unpaired) electrons. The Kier molecular flexibility index (Phi) is 6.29. The van der Waals surface area contributed by atoms with Crippen molar-refractivity contribution in [2.45, 2.75) is 25.4 Å². The minimum atomic E-state index is -0.836. The van der Waals surface area contributed by atoms with E-state index in [1.165, 1.54) is 7.11 Å². The van der Waals surface area contributed by atoms with Crippen molar-refractivity contribution in [1.82, 2.24) is 0 Å². The molecule has 0 unspecified atom stereocenters. The number of ether oxygens (including phenoxy) is 2.